The Morgan fingerprint density at radius 2 is 1.86 bits per heavy atom. The summed E-state index contributed by atoms with van der Waals surface area (Å²) in [5.74, 6) is -1.72. The van der Waals surface area contributed by atoms with E-state index in [9.17, 15) is 14.7 Å². The Morgan fingerprint density at radius 1 is 1.14 bits per heavy atom. The van der Waals surface area contributed by atoms with Crippen molar-refractivity contribution in [1.29, 1.82) is 0 Å². The molecule has 1 unspecified atom stereocenters. The zero-order valence-corrected chi connectivity index (χ0v) is 17.1. The molecule has 2 aromatic carbocycles. The first-order chi connectivity index (χ1) is 13.9. The van der Waals surface area contributed by atoms with Crippen LogP contribution in [0.15, 0.2) is 42.5 Å². The van der Waals surface area contributed by atoms with Gasteiger partial charge in [0.15, 0.2) is 0 Å². The summed E-state index contributed by atoms with van der Waals surface area (Å²) in [5, 5.41) is 18.9. The van der Waals surface area contributed by atoms with Gasteiger partial charge in [0.1, 0.15) is 0 Å². The van der Waals surface area contributed by atoms with Gasteiger partial charge in [-0.25, -0.2) is 0 Å². The molecule has 0 fully saturated rings. The van der Waals surface area contributed by atoms with Crippen molar-refractivity contribution in [3.8, 4) is 0 Å². The maximum absolute atomic E-state index is 12.3. The maximum atomic E-state index is 12.3. The summed E-state index contributed by atoms with van der Waals surface area (Å²) in [6.07, 6.45) is 1.28. The highest BCUT2D eigenvalue weighted by Gasteiger charge is 2.20. The second-order valence-electron chi connectivity index (χ2n) is 7.45. The molecule has 29 heavy (non-hydrogen) atoms. The van der Waals surface area contributed by atoms with E-state index in [1.54, 1.807) is 0 Å². The first-order valence-corrected chi connectivity index (χ1v) is 9.82. The minimum absolute atomic E-state index is 0.113. The van der Waals surface area contributed by atoms with E-state index in [1.165, 1.54) is 0 Å². The Labute approximate surface area is 170 Å². The molecule has 0 aliphatic carbocycles. The van der Waals surface area contributed by atoms with Crippen LogP contribution in [0.5, 0.6) is 0 Å². The lowest BCUT2D eigenvalue weighted by Gasteiger charge is -2.15. The van der Waals surface area contributed by atoms with E-state index >= 15 is 0 Å². The van der Waals surface area contributed by atoms with Crippen LogP contribution in [0, 0.1) is 19.8 Å². The van der Waals surface area contributed by atoms with Crippen LogP contribution < -0.4 is 5.32 Å². The Kier molecular flexibility index (Phi) is 6.32. The van der Waals surface area contributed by atoms with Crippen LogP contribution in [-0.4, -0.2) is 33.3 Å². The summed E-state index contributed by atoms with van der Waals surface area (Å²) < 4.78 is 1.81. The van der Waals surface area contributed by atoms with Gasteiger partial charge in [0.05, 0.1) is 11.6 Å². The van der Waals surface area contributed by atoms with Gasteiger partial charge in [-0.1, -0.05) is 42.5 Å². The van der Waals surface area contributed by atoms with Crippen molar-refractivity contribution in [3.63, 3.8) is 0 Å². The predicted molar refractivity (Wildman–Crippen MR) is 113 cm³/mol. The molecular formula is C23H27N3O3. The summed E-state index contributed by atoms with van der Waals surface area (Å²) in [6, 6.07) is 13.8. The Hall–Kier alpha value is -3.15. The van der Waals surface area contributed by atoms with E-state index in [0.717, 1.165) is 33.3 Å². The van der Waals surface area contributed by atoms with E-state index in [4.69, 9.17) is 0 Å². The number of hydrogen-bond acceptors (Lipinski definition) is 3. The molecule has 1 amide bonds. The molecule has 0 saturated heterocycles. The highest BCUT2D eigenvalue weighted by Crippen LogP contribution is 2.21. The van der Waals surface area contributed by atoms with Gasteiger partial charge in [0, 0.05) is 25.7 Å². The molecule has 1 atom stereocenters. The van der Waals surface area contributed by atoms with Crippen molar-refractivity contribution < 1.29 is 14.7 Å². The molecule has 152 valence electrons. The number of aryl methyl sites for hydroxylation is 2. The quantitative estimate of drug-likeness (QED) is 0.616. The summed E-state index contributed by atoms with van der Waals surface area (Å²) >= 11 is 0. The van der Waals surface area contributed by atoms with Crippen LogP contribution in [0.25, 0.3) is 10.8 Å². The molecule has 1 aromatic heterocycles. The fourth-order valence-electron chi connectivity index (χ4n) is 3.73. The molecule has 6 heteroatoms. The number of amides is 1. The van der Waals surface area contributed by atoms with Crippen LogP contribution >= 0.6 is 0 Å². The fraction of sp³-hybridized carbons (Fsp3) is 0.348. The van der Waals surface area contributed by atoms with E-state index in [2.05, 4.69) is 10.4 Å². The van der Waals surface area contributed by atoms with E-state index in [1.807, 2.05) is 68.0 Å². The Bertz CT molecular complexity index is 1030. The van der Waals surface area contributed by atoms with Crippen molar-refractivity contribution in [3.05, 3.63) is 65.0 Å². The molecule has 0 aliphatic rings. The van der Waals surface area contributed by atoms with Gasteiger partial charge in [-0.15, -0.1) is 0 Å². The third-order valence-corrected chi connectivity index (χ3v) is 5.50. The molecule has 3 rings (SSSR count). The molecular weight excluding hydrogens is 366 g/mol. The standard InChI is InChI=1S/C23H27N3O3/c1-15-20(16(2)26(3)25-15)11-12-22(27)24-14-19(23(28)29)13-18-9-6-8-17-7-4-5-10-21(17)18/h4-10,19H,11-14H2,1-3H3,(H,24,27)(H,28,29). The molecule has 6 nitrogen and oxygen atoms in total. The number of carboxylic acids is 1. The number of nitrogens with zero attached hydrogens (tertiary/aromatic N) is 2. The second kappa shape index (κ2) is 8.90. The minimum Gasteiger partial charge on any atom is -0.481 e. The molecule has 2 N–H and O–H groups in total. The lowest BCUT2D eigenvalue weighted by molar-refractivity contribution is -0.141. The van der Waals surface area contributed by atoms with Gasteiger partial charge in [-0.3, -0.25) is 14.3 Å². The van der Waals surface area contributed by atoms with Gasteiger partial charge in [-0.05, 0) is 48.6 Å². The molecule has 1 heterocycles. The van der Waals surface area contributed by atoms with E-state index < -0.39 is 11.9 Å². The van der Waals surface area contributed by atoms with Gasteiger partial charge >= 0.3 is 5.97 Å². The highest BCUT2D eigenvalue weighted by atomic mass is 16.4. The molecule has 3 aromatic rings. The van der Waals surface area contributed by atoms with Crippen LogP contribution in [0.1, 0.15) is 28.9 Å². The SMILES string of the molecule is Cc1nn(C)c(C)c1CCC(=O)NCC(Cc1cccc2ccccc12)C(=O)O. The largest absolute Gasteiger partial charge is 0.481 e. The monoisotopic (exact) mass is 393 g/mol. The minimum atomic E-state index is -0.905. The average molecular weight is 393 g/mol. The van der Waals surface area contributed by atoms with Gasteiger partial charge in [-0.2, -0.15) is 5.10 Å². The zero-order chi connectivity index (χ0) is 21.0. The summed E-state index contributed by atoms with van der Waals surface area (Å²) in [4.78, 5) is 24.1. The lowest BCUT2D eigenvalue weighted by Crippen LogP contribution is -2.34. The maximum Gasteiger partial charge on any atom is 0.308 e. The number of rotatable bonds is 8. The zero-order valence-electron chi connectivity index (χ0n) is 17.1. The number of carbonyl (C=O) groups excluding carboxylic acids is 1. The first-order valence-electron chi connectivity index (χ1n) is 9.82. The van der Waals surface area contributed by atoms with Crippen LogP contribution in [-0.2, 0) is 29.5 Å². The Morgan fingerprint density at radius 3 is 2.55 bits per heavy atom. The summed E-state index contributed by atoms with van der Waals surface area (Å²) in [7, 11) is 1.89. The summed E-state index contributed by atoms with van der Waals surface area (Å²) in [5.41, 5.74) is 4.03. The number of hydrogen-bond donors (Lipinski definition) is 2. The summed E-state index contributed by atoms with van der Waals surface area (Å²) in [6.45, 7) is 4.03. The highest BCUT2D eigenvalue weighted by molar-refractivity contribution is 5.86. The fourth-order valence-corrected chi connectivity index (χ4v) is 3.73. The van der Waals surface area contributed by atoms with Crippen molar-refractivity contribution in [2.75, 3.05) is 6.54 Å². The third-order valence-electron chi connectivity index (χ3n) is 5.50. The van der Waals surface area contributed by atoms with E-state index in [0.29, 0.717) is 19.3 Å². The number of aliphatic carboxylic acids is 1. The van der Waals surface area contributed by atoms with Crippen molar-refractivity contribution in [1.82, 2.24) is 15.1 Å². The molecule has 0 spiro atoms. The topological polar surface area (TPSA) is 84.2 Å². The molecule has 0 radical (unpaired) electrons. The van der Waals surface area contributed by atoms with Crippen LogP contribution in [0.2, 0.25) is 0 Å². The molecule has 0 aliphatic heterocycles. The first kappa shape index (κ1) is 20.6. The number of carboxylic acid groups (broad SMARTS) is 1. The van der Waals surface area contributed by atoms with Gasteiger partial charge < -0.3 is 10.4 Å². The number of benzene rings is 2. The van der Waals surface area contributed by atoms with Gasteiger partial charge in [0.2, 0.25) is 5.91 Å². The number of fused-ring (bicyclic) bond motifs is 1. The van der Waals surface area contributed by atoms with Crippen molar-refractivity contribution in [2.45, 2.75) is 33.1 Å². The lowest BCUT2D eigenvalue weighted by atomic mass is 9.94. The normalized spacial score (nSPS) is 12.1. The van der Waals surface area contributed by atoms with Crippen molar-refractivity contribution >= 4 is 22.6 Å². The van der Waals surface area contributed by atoms with Crippen molar-refractivity contribution in [2.24, 2.45) is 13.0 Å². The molecule has 0 saturated carbocycles. The van der Waals surface area contributed by atoms with Gasteiger partial charge in [0.25, 0.3) is 0 Å². The predicted octanol–water partition coefficient (Wildman–Crippen LogP) is 3.18. The Balaban J connectivity index is 1.60. The van der Waals surface area contributed by atoms with Crippen LogP contribution in [0.4, 0.5) is 0 Å². The molecule has 0 bridgehead atoms. The number of carbonyl (C=O) groups is 2. The van der Waals surface area contributed by atoms with Crippen LogP contribution in [0.3, 0.4) is 0 Å². The number of nitrogens with one attached hydrogen (secondary N) is 1. The van der Waals surface area contributed by atoms with E-state index in [-0.39, 0.29) is 12.5 Å². The average Bonchev–Trinajstić information content (AvgIpc) is 2.94. The smallest absolute Gasteiger partial charge is 0.308 e. The third kappa shape index (κ3) is 4.83. The second-order valence-corrected chi connectivity index (χ2v) is 7.45. The number of aromatic nitrogens is 2.